The molecule has 0 aliphatic carbocycles. The van der Waals surface area contributed by atoms with E-state index < -0.39 is 17.8 Å². The summed E-state index contributed by atoms with van der Waals surface area (Å²) in [4.78, 5) is 11.0. The average molecular weight is 349 g/mol. The normalized spacial score (nSPS) is 11.6. The van der Waals surface area contributed by atoms with E-state index in [2.05, 4.69) is 10.2 Å². The maximum absolute atomic E-state index is 12.5. The summed E-state index contributed by atoms with van der Waals surface area (Å²) in [5.74, 6) is -0.543. The molecule has 1 amide bonds. The highest BCUT2D eigenvalue weighted by molar-refractivity contribution is 5.92. The maximum atomic E-state index is 12.5. The highest BCUT2D eigenvalue weighted by Gasteiger charge is 2.33. The lowest BCUT2D eigenvalue weighted by Crippen LogP contribution is -2.09. The molecule has 0 aliphatic rings. The molecule has 0 radical (unpaired) electrons. The number of hydrogen-bond acceptors (Lipinski definition) is 3. The molecule has 0 unspecified atom stereocenters. The van der Waals surface area contributed by atoms with Gasteiger partial charge in [-0.3, -0.25) is 14.2 Å². The monoisotopic (exact) mass is 349 g/mol. The number of carbonyl (C=O) groups excluding carboxylic acids is 1. The molecule has 0 fully saturated rings. The van der Waals surface area contributed by atoms with Crippen molar-refractivity contribution in [3.8, 4) is 0 Å². The van der Waals surface area contributed by atoms with Crippen LogP contribution in [0.2, 0.25) is 0 Å². The second-order valence-electron chi connectivity index (χ2n) is 5.50. The van der Waals surface area contributed by atoms with Crippen LogP contribution in [0.4, 0.5) is 13.2 Å². The maximum Gasteiger partial charge on any atom is 0.435 e. The Morgan fingerprint density at radius 2 is 1.64 bits per heavy atom. The van der Waals surface area contributed by atoms with Gasteiger partial charge in [0.15, 0.2) is 5.69 Å². The molecule has 0 saturated heterocycles. The van der Waals surface area contributed by atoms with Crippen LogP contribution in [0, 0.1) is 0 Å². The number of halogens is 3. The van der Waals surface area contributed by atoms with E-state index in [-0.39, 0.29) is 6.54 Å². The third-order valence-corrected chi connectivity index (χ3v) is 3.56. The Morgan fingerprint density at radius 1 is 1.04 bits per heavy atom. The molecule has 0 atom stereocenters. The van der Waals surface area contributed by atoms with Crippen molar-refractivity contribution in [3.63, 3.8) is 0 Å². The van der Waals surface area contributed by atoms with Gasteiger partial charge in [0.05, 0.1) is 24.8 Å². The number of primary amides is 1. The van der Waals surface area contributed by atoms with Crippen molar-refractivity contribution in [3.05, 3.63) is 71.3 Å². The summed E-state index contributed by atoms with van der Waals surface area (Å²) in [5, 5.41) is 7.56. The molecule has 0 bridgehead atoms. The van der Waals surface area contributed by atoms with Gasteiger partial charge < -0.3 is 5.73 Å². The molecule has 2 heterocycles. The number of carbonyl (C=O) groups is 1. The minimum atomic E-state index is -4.44. The molecule has 2 N–H and O–H groups in total. The van der Waals surface area contributed by atoms with Crippen molar-refractivity contribution < 1.29 is 18.0 Å². The molecule has 3 aromatic rings. The predicted molar refractivity (Wildman–Crippen MR) is 82.6 cm³/mol. The third-order valence-electron chi connectivity index (χ3n) is 3.56. The minimum absolute atomic E-state index is 0.240. The molecule has 0 spiro atoms. The molecular weight excluding hydrogens is 335 g/mol. The summed E-state index contributed by atoms with van der Waals surface area (Å²) in [6.45, 7) is 0.692. The summed E-state index contributed by atoms with van der Waals surface area (Å²) < 4.78 is 40.4. The molecule has 130 valence electrons. The van der Waals surface area contributed by atoms with Gasteiger partial charge >= 0.3 is 6.18 Å². The quantitative estimate of drug-likeness (QED) is 0.768. The van der Waals surface area contributed by atoms with E-state index in [4.69, 9.17) is 5.73 Å². The molecule has 9 heteroatoms. The van der Waals surface area contributed by atoms with E-state index in [1.807, 2.05) is 24.3 Å². The zero-order chi connectivity index (χ0) is 18.0. The van der Waals surface area contributed by atoms with Gasteiger partial charge in [-0.05, 0) is 17.2 Å². The number of nitrogens with zero attached hydrogens (tertiary/aromatic N) is 4. The Kier molecular flexibility index (Phi) is 4.30. The van der Waals surface area contributed by atoms with Crippen LogP contribution in [0.3, 0.4) is 0 Å². The Labute approximate surface area is 140 Å². The highest BCUT2D eigenvalue weighted by Crippen LogP contribution is 2.27. The van der Waals surface area contributed by atoms with Crippen LogP contribution in [-0.4, -0.2) is 25.5 Å². The van der Waals surface area contributed by atoms with E-state index in [0.717, 1.165) is 17.2 Å². The van der Waals surface area contributed by atoms with Crippen molar-refractivity contribution >= 4 is 5.91 Å². The van der Waals surface area contributed by atoms with Gasteiger partial charge in [0.1, 0.15) is 0 Å². The second kappa shape index (κ2) is 6.42. The summed E-state index contributed by atoms with van der Waals surface area (Å²) in [7, 11) is 0. The largest absolute Gasteiger partial charge is 0.435 e. The van der Waals surface area contributed by atoms with Crippen LogP contribution in [0.1, 0.15) is 27.2 Å². The van der Waals surface area contributed by atoms with Crippen LogP contribution in [-0.2, 0) is 19.3 Å². The fourth-order valence-electron chi connectivity index (χ4n) is 2.30. The first-order valence-corrected chi connectivity index (χ1v) is 7.32. The number of nitrogens with two attached hydrogens (primary N) is 1. The van der Waals surface area contributed by atoms with Gasteiger partial charge in [-0.25, -0.2) is 0 Å². The number of aromatic nitrogens is 4. The van der Waals surface area contributed by atoms with Gasteiger partial charge in [0, 0.05) is 12.4 Å². The van der Waals surface area contributed by atoms with E-state index >= 15 is 0 Å². The SMILES string of the molecule is NC(=O)c1cnn(Cc2ccc(Cn3ccc(C(F)(F)F)n3)cc2)c1. The van der Waals surface area contributed by atoms with Crippen molar-refractivity contribution in [2.45, 2.75) is 19.3 Å². The van der Waals surface area contributed by atoms with Gasteiger partial charge in [-0.15, -0.1) is 0 Å². The minimum Gasteiger partial charge on any atom is -0.366 e. The van der Waals surface area contributed by atoms with Crippen LogP contribution >= 0.6 is 0 Å². The number of hydrogen-bond donors (Lipinski definition) is 1. The zero-order valence-corrected chi connectivity index (χ0v) is 12.9. The fourth-order valence-corrected chi connectivity index (χ4v) is 2.30. The lowest BCUT2D eigenvalue weighted by Gasteiger charge is -2.06. The lowest BCUT2D eigenvalue weighted by atomic mass is 10.1. The highest BCUT2D eigenvalue weighted by atomic mass is 19.4. The number of benzene rings is 1. The molecule has 2 aromatic heterocycles. The molecule has 0 saturated carbocycles. The standard InChI is InChI=1S/C16H14F3N5O/c17-16(18,19)14-5-6-23(22-14)8-11-1-3-12(4-2-11)9-24-10-13(7-21-24)15(20)25/h1-7,10H,8-9H2,(H2,20,25). The molecule has 25 heavy (non-hydrogen) atoms. The van der Waals surface area contributed by atoms with E-state index in [0.29, 0.717) is 12.1 Å². The summed E-state index contributed by atoms with van der Waals surface area (Å²) >= 11 is 0. The Bertz CT molecular complexity index is 880. The smallest absolute Gasteiger partial charge is 0.366 e. The summed E-state index contributed by atoms with van der Waals surface area (Å²) in [5.41, 5.74) is 6.34. The summed E-state index contributed by atoms with van der Waals surface area (Å²) in [6.07, 6.45) is -0.195. The van der Waals surface area contributed by atoms with Gasteiger partial charge in [-0.1, -0.05) is 24.3 Å². The van der Waals surface area contributed by atoms with E-state index in [1.54, 1.807) is 10.9 Å². The molecular formula is C16H14F3N5O. The first-order valence-electron chi connectivity index (χ1n) is 7.32. The fraction of sp³-hybridized carbons (Fsp3) is 0.188. The first-order chi connectivity index (χ1) is 11.8. The number of amides is 1. The van der Waals surface area contributed by atoms with Crippen molar-refractivity contribution in [1.82, 2.24) is 19.6 Å². The molecule has 6 nitrogen and oxygen atoms in total. The molecule has 3 rings (SSSR count). The Hall–Kier alpha value is -3.10. The van der Waals surface area contributed by atoms with Crippen molar-refractivity contribution in [2.24, 2.45) is 5.73 Å². The van der Waals surface area contributed by atoms with E-state index in [1.165, 1.54) is 17.1 Å². The predicted octanol–water partition coefficient (Wildman–Crippen LogP) is 2.29. The summed E-state index contributed by atoms with van der Waals surface area (Å²) in [6, 6.07) is 8.25. The first kappa shape index (κ1) is 16.7. The van der Waals surface area contributed by atoms with Gasteiger partial charge in [0.2, 0.25) is 0 Å². The van der Waals surface area contributed by atoms with E-state index in [9.17, 15) is 18.0 Å². The Balaban J connectivity index is 1.65. The van der Waals surface area contributed by atoms with Crippen molar-refractivity contribution in [1.29, 1.82) is 0 Å². The number of rotatable bonds is 5. The Morgan fingerprint density at radius 3 is 2.12 bits per heavy atom. The third kappa shape index (κ3) is 4.06. The van der Waals surface area contributed by atoms with Gasteiger partial charge in [0.25, 0.3) is 5.91 Å². The number of alkyl halides is 3. The van der Waals surface area contributed by atoms with Crippen LogP contribution in [0.5, 0.6) is 0 Å². The second-order valence-corrected chi connectivity index (χ2v) is 5.50. The average Bonchev–Trinajstić information content (AvgIpc) is 3.18. The van der Waals surface area contributed by atoms with Crippen LogP contribution in [0.25, 0.3) is 0 Å². The van der Waals surface area contributed by atoms with Gasteiger partial charge in [-0.2, -0.15) is 23.4 Å². The van der Waals surface area contributed by atoms with Crippen LogP contribution < -0.4 is 5.73 Å². The molecule has 1 aromatic carbocycles. The molecule has 0 aliphatic heterocycles. The van der Waals surface area contributed by atoms with Crippen LogP contribution in [0.15, 0.2) is 48.9 Å². The topological polar surface area (TPSA) is 78.7 Å². The lowest BCUT2D eigenvalue weighted by molar-refractivity contribution is -0.141. The van der Waals surface area contributed by atoms with Crippen molar-refractivity contribution in [2.75, 3.05) is 0 Å². The zero-order valence-electron chi connectivity index (χ0n) is 12.9.